The maximum absolute atomic E-state index is 12.3. The maximum Gasteiger partial charge on any atom is 0.244 e. The number of nitrogens with zero attached hydrogens (tertiary/aromatic N) is 1. The van der Waals surface area contributed by atoms with Gasteiger partial charge in [-0.25, -0.2) is 12.7 Å². The topological polar surface area (TPSA) is 65.2 Å². The van der Waals surface area contributed by atoms with Crippen LogP contribution in [0, 0.1) is 0 Å². The van der Waals surface area contributed by atoms with E-state index in [-0.39, 0.29) is 0 Å². The van der Waals surface area contributed by atoms with Gasteiger partial charge in [-0.3, -0.25) is 0 Å². The Hall–Kier alpha value is -1.11. The number of unbranched alkanes of at least 4 members (excludes halogenated alkanes) is 1. The number of hydrogen-bond acceptors (Lipinski definition) is 3. The summed E-state index contributed by atoms with van der Waals surface area (Å²) in [5, 5.41) is 3.25. The highest BCUT2D eigenvalue weighted by Gasteiger charge is 2.21. The Morgan fingerprint density at radius 2 is 2.20 bits per heavy atom. The van der Waals surface area contributed by atoms with Crippen molar-refractivity contribution in [2.45, 2.75) is 44.2 Å². The van der Waals surface area contributed by atoms with Gasteiger partial charge in [0, 0.05) is 38.1 Å². The minimum atomic E-state index is -3.40. The van der Waals surface area contributed by atoms with Crippen LogP contribution >= 0.6 is 0 Å². The lowest BCUT2D eigenvalue weighted by Crippen LogP contribution is -2.27. The number of rotatable bonds is 9. The molecule has 20 heavy (non-hydrogen) atoms. The molecule has 0 fully saturated rings. The number of sulfonamides is 1. The third-order valence-electron chi connectivity index (χ3n) is 3.01. The van der Waals surface area contributed by atoms with E-state index < -0.39 is 10.0 Å². The molecule has 0 bridgehead atoms. The van der Waals surface area contributed by atoms with Crippen molar-refractivity contribution in [3.63, 3.8) is 0 Å². The van der Waals surface area contributed by atoms with E-state index in [9.17, 15) is 8.42 Å². The Bertz CT molecular complexity index is 520. The van der Waals surface area contributed by atoms with Crippen molar-refractivity contribution < 1.29 is 8.42 Å². The SMILES string of the molecule is C=CCCCN(C)S(=O)(=O)c1c[nH]c(CNC(C)C)c1. The van der Waals surface area contributed by atoms with Crippen LogP contribution in [0.5, 0.6) is 0 Å². The molecule has 1 heterocycles. The number of nitrogens with one attached hydrogen (secondary N) is 2. The van der Waals surface area contributed by atoms with Crippen molar-refractivity contribution in [3.8, 4) is 0 Å². The number of H-pyrrole nitrogens is 1. The fraction of sp³-hybridized carbons (Fsp3) is 0.571. The first-order chi connectivity index (χ1) is 9.37. The minimum absolute atomic E-state index is 0.319. The molecule has 0 amide bonds. The van der Waals surface area contributed by atoms with Crippen molar-refractivity contribution >= 4 is 10.0 Å². The molecule has 0 saturated carbocycles. The molecule has 5 nitrogen and oxygen atoms in total. The predicted molar refractivity (Wildman–Crippen MR) is 82.0 cm³/mol. The highest BCUT2D eigenvalue weighted by Crippen LogP contribution is 2.16. The second-order valence-electron chi connectivity index (χ2n) is 5.15. The lowest BCUT2D eigenvalue weighted by atomic mass is 10.3. The lowest BCUT2D eigenvalue weighted by molar-refractivity contribution is 0.463. The summed E-state index contributed by atoms with van der Waals surface area (Å²) < 4.78 is 26.1. The van der Waals surface area contributed by atoms with Gasteiger partial charge >= 0.3 is 0 Å². The number of allylic oxidation sites excluding steroid dienone is 1. The van der Waals surface area contributed by atoms with E-state index in [1.54, 1.807) is 25.4 Å². The minimum Gasteiger partial charge on any atom is -0.363 e. The van der Waals surface area contributed by atoms with Crippen LogP contribution in [-0.4, -0.2) is 37.3 Å². The standard InChI is InChI=1S/C14H25N3O2S/c1-5-6-7-8-17(4)20(18,19)14-9-13(16-11-14)10-15-12(2)3/h5,9,11-12,15-16H,1,6-8,10H2,2-4H3. The third-order valence-corrected chi connectivity index (χ3v) is 4.84. The third kappa shape index (κ3) is 4.77. The molecule has 0 radical (unpaired) electrons. The van der Waals surface area contributed by atoms with Crippen molar-refractivity contribution in [1.29, 1.82) is 0 Å². The second-order valence-corrected chi connectivity index (χ2v) is 7.20. The summed E-state index contributed by atoms with van der Waals surface area (Å²) in [6.45, 7) is 8.87. The molecule has 0 spiro atoms. The Kier molecular flexibility index (Phi) is 6.45. The monoisotopic (exact) mass is 299 g/mol. The molecule has 0 aromatic carbocycles. The molecule has 0 saturated heterocycles. The van der Waals surface area contributed by atoms with Crippen LogP contribution in [0.2, 0.25) is 0 Å². The Balaban J connectivity index is 2.69. The first-order valence-corrected chi connectivity index (χ1v) is 8.30. The molecule has 1 rings (SSSR count). The molecular formula is C14H25N3O2S. The molecular weight excluding hydrogens is 274 g/mol. The van der Waals surface area contributed by atoms with Crippen LogP contribution < -0.4 is 5.32 Å². The van der Waals surface area contributed by atoms with Crippen LogP contribution in [0.4, 0.5) is 0 Å². The van der Waals surface area contributed by atoms with E-state index in [1.807, 2.05) is 13.8 Å². The van der Waals surface area contributed by atoms with Gasteiger partial charge in [0.05, 0.1) is 4.90 Å². The Labute approximate surface area is 122 Å². The van der Waals surface area contributed by atoms with Crippen LogP contribution in [0.1, 0.15) is 32.4 Å². The zero-order valence-corrected chi connectivity index (χ0v) is 13.3. The van der Waals surface area contributed by atoms with E-state index in [0.717, 1.165) is 18.5 Å². The van der Waals surface area contributed by atoms with Gasteiger partial charge in [0.15, 0.2) is 0 Å². The van der Waals surface area contributed by atoms with Gasteiger partial charge in [0.1, 0.15) is 0 Å². The first kappa shape index (κ1) is 16.9. The number of aromatic nitrogens is 1. The van der Waals surface area contributed by atoms with Crippen molar-refractivity contribution in [2.75, 3.05) is 13.6 Å². The molecule has 0 unspecified atom stereocenters. The fourth-order valence-electron chi connectivity index (χ4n) is 1.74. The van der Waals surface area contributed by atoms with Gasteiger partial charge in [-0.2, -0.15) is 0 Å². The van der Waals surface area contributed by atoms with Crippen LogP contribution in [0.25, 0.3) is 0 Å². The molecule has 0 aliphatic rings. The zero-order chi connectivity index (χ0) is 15.2. The van der Waals surface area contributed by atoms with E-state index in [4.69, 9.17) is 0 Å². The number of aromatic amines is 1. The van der Waals surface area contributed by atoms with Crippen molar-refractivity contribution in [2.24, 2.45) is 0 Å². The first-order valence-electron chi connectivity index (χ1n) is 6.86. The van der Waals surface area contributed by atoms with Gasteiger partial charge in [0.25, 0.3) is 0 Å². The average Bonchev–Trinajstić information content (AvgIpc) is 2.86. The summed E-state index contributed by atoms with van der Waals surface area (Å²) >= 11 is 0. The van der Waals surface area contributed by atoms with E-state index in [0.29, 0.717) is 24.0 Å². The molecule has 0 atom stereocenters. The normalized spacial score (nSPS) is 12.2. The lowest BCUT2D eigenvalue weighted by Gasteiger charge is -2.15. The highest BCUT2D eigenvalue weighted by atomic mass is 32.2. The van der Waals surface area contributed by atoms with E-state index in [2.05, 4.69) is 16.9 Å². The molecule has 2 N–H and O–H groups in total. The summed E-state index contributed by atoms with van der Waals surface area (Å²) in [5.41, 5.74) is 0.872. The van der Waals surface area contributed by atoms with Gasteiger partial charge in [-0.1, -0.05) is 19.9 Å². The van der Waals surface area contributed by atoms with Gasteiger partial charge in [-0.15, -0.1) is 6.58 Å². The van der Waals surface area contributed by atoms with Gasteiger partial charge in [0.2, 0.25) is 10.0 Å². The van der Waals surface area contributed by atoms with Crippen molar-refractivity contribution in [3.05, 3.63) is 30.6 Å². The molecule has 0 aliphatic carbocycles. The quantitative estimate of drug-likeness (QED) is 0.542. The largest absolute Gasteiger partial charge is 0.363 e. The second kappa shape index (κ2) is 7.61. The van der Waals surface area contributed by atoms with Crippen LogP contribution in [0.3, 0.4) is 0 Å². The summed E-state index contributed by atoms with van der Waals surface area (Å²) in [6, 6.07) is 2.05. The van der Waals surface area contributed by atoms with Crippen LogP contribution in [0.15, 0.2) is 29.8 Å². The summed E-state index contributed by atoms with van der Waals surface area (Å²) in [4.78, 5) is 3.32. The smallest absolute Gasteiger partial charge is 0.244 e. The predicted octanol–water partition coefficient (Wildman–Crippen LogP) is 2.10. The highest BCUT2D eigenvalue weighted by molar-refractivity contribution is 7.89. The van der Waals surface area contributed by atoms with E-state index in [1.165, 1.54) is 4.31 Å². The zero-order valence-electron chi connectivity index (χ0n) is 12.5. The molecule has 1 aromatic heterocycles. The Morgan fingerprint density at radius 1 is 1.50 bits per heavy atom. The molecule has 6 heteroatoms. The van der Waals surface area contributed by atoms with E-state index >= 15 is 0 Å². The van der Waals surface area contributed by atoms with Gasteiger partial charge in [-0.05, 0) is 18.9 Å². The molecule has 114 valence electrons. The maximum atomic E-state index is 12.3. The Morgan fingerprint density at radius 3 is 2.80 bits per heavy atom. The fourth-order valence-corrected chi connectivity index (χ4v) is 2.97. The van der Waals surface area contributed by atoms with Gasteiger partial charge < -0.3 is 10.3 Å². The molecule has 0 aliphatic heterocycles. The molecule has 1 aromatic rings. The van der Waals surface area contributed by atoms with Crippen LogP contribution in [-0.2, 0) is 16.6 Å². The summed E-state index contributed by atoms with van der Waals surface area (Å²) in [5.74, 6) is 0. The number of hydrogen-bond donors (Lipinski definition) is 2. The summed E-state index contributed by atoms with van der Waals surface area (Å²) in [6.07, 6.45) is 4.95. The summed E-state index contributed by atoms with van der Waals surface area (Å²) in [7, 11) is -1.79. The van der Waals surface area contributed by atoms with Crippen molar-refractivity contribution in [1.82, 2.24) is 14.6 Å². The average molecular weight is 299 g/mol.